The van der Waals surface area contributed by atoms with Gasteiger partial charge < -0.3 is 14.8 Å². The van der Waals surface area contributed by atoms with Crippen LogP contribution in [0.1, 0.15) is 22.3 Å². The molecule has 1 fully saturated rings. The summed E-state index contributed by atoms with van der Waals surface area (Å²) in [6.45, 7) is 2.47. The molecule has 0 aliphatic carbocycles. The zero-order chi connectivity index (χ0) is 16.9. The molecule has 0 radical (unpaired) electrons. The number of aromatic nitrogens is 1. The SMILES string of the molecule is O=C(Cc1cccc(Cl)c1)N1CCCN(C(=O)c2cc[nH]c2)CC1. The van der Waals surface area contributed by atoms with Crippen molar-refractivity contribution in [1.82, 2.24) is 14.8 Å². The number of nitrogens with zero attached hydrogens (tertiary/aromatic N) is 2. The summed E-state index contributed by atoms with van der Waals surface area (Å²) in [6, 6.07) is 9.15. The van der Waals surface area contributed by atoms with Crippen molar-refractivity contribution >= 4 is 23.4 Å². The summed E-state index contributed by atoms with van der Waals surface area (Å²) in [5.41, 5.74) is 1.57. The lowest BCUT2D eigenvalue weighted by molar-refractivity contribution is -0.130. The number of hydrogen-bond donors (Lipinski definition) is 1. The van der Waals surface area contributed by atoms with Gasteiger partial charge in [0.25, 0.3) is 5.91 Å². The third kappa shape index (κ3) is 3.97. The third-order valence-electron chi connectivity index (χ3n) is 4.23. The summed E-state index contributed by atoms with van der Waals surface area (Å²) in [4.78, 5) is 31.5. The van der Waals surface area contributed by atoms with E-state index in [-0.39, 0.29) is 11.8 Å². The van der Waals surface area contributed by atoms with Crippen LogP contribution in [0.2, 0.25) is 5.02 Å². The molecule has 1 aromatic heterocycles. The number of hydrogen-bond acceptors (Lipinski definition) is 2. The van der Waals surface area contributed by atoms with Crippen molar-refractivity contribution in [1.29, 1.82) is 0 Å². The van der Waals surface area contributed by atoms with Gasteiger partial charge in [0.05, 0.1) is 12.0 Å². The van der Waals surface area contributed by atoms with Gasteiger partial charge in [-0.25, -0.2) is 0 Å². The van der Waals surface area contributed by atoms with Crippen molar-refractivity contribution in [3.05, 3.63) is 58.9 Å². The largest absolute Gasteiger partial charge is 0.367 e. The van der Waals surface area contributed by atoms with Gasteiger partial charge in [-0.2, -0.15) is 0 Å². The van der Waals surface area contributed by atoms with E-state index in [1.807, 2.05) is 28.0 Å². The minimum atomic E-state index is 0.0143. The number of halogens is 1. The van der Waals surface area contributed by atoms with Crippen molar-refractivity contribution < 1.29 is 9.59 Å². The number of rotatable bonds is 3. The Hall–Kier alpha value is -2.27. The summed E-state index contributed by atoms with van der Waals surface area (Å²) in [6.07, 6.45) is 4.57. The van der Waals surface area contributed by atoms with Crippen LogP contribution >= 0.6 is 11.6 Å². The Kier molecular flexibility index (Phi) is 5.20. The molecule has 1 saturated heterocycles. The lowest BCUT2D eigenvalue weighted by Gasteiger charge is -2.22. The van der Waals surface area contributed by atoms with Crippen LogP contribution in [0.5, 0.6) is 0 Å². The van der Waals surface area contributed by atoms with Crippen LogP contribution in [0.4, 0.5) is 0 Å². The average molecular weight is 346 g/mol. The van der Waals surface area contributed by atoms with Gasteiger partial charge in [-0.15, -0.1) is 0 Å². The lowest BCUT2D eigenvalue weighted by atomic mass is 10.1. The Morgan fingerprint density at radius 3 is 2.62 bits per heavy atom. The van der Waals surface area contributed by atoms with Gasteiger partial charge in [0, 0.05) is 43.6 Å². The molecule has 0 unspecified atom stereocenters. The predicted octanol–water partition coefficient (Wildman–Crippen LogP) is 2.59. The molecule has 2 aromatic rings. The van der Waals surface area contributed by atoms with Crippen molar-refractivity contribution in [3.8, 4) is 0 Å². The van der Waals surface area contributed by atoms with Gasteiger partial charge in [-0.1, -0.05) is 23.7 Å². The fraction of sp³-hybridized carbons (Fsp3) is 0.333. The zero-order valence-electron chi connectivity index (χ0n) is 13.4. The van der Waals surface area contributed by atoms with Crippen molar-refractivity contribution in [2.45, 2.75) is 12.8 Å². The minimum absolute atomic E-state index is 0.0143. The molecular formula is C18H20ClN3O2. The molecule has 1 aliphatic rings. The second-order valence-electron chi connectivity index (χ2n) is 5.93. The summed E-state index contributed by atoms with van der Waals surface area (Å²) in [5.74, 6) is 0.0913. The third-order valence-corrected chi connectivity index (χ3v) is 4.46. The van der Waals surface area contributed by atoms with Gasteiger partial charge >= 0.3 is 0 Å². The van der Waals surface area contributed by atoms with E-state index < -0.39 is 0 Å². The monoisotopic (exact) mass is 345 g/mol. The van der Waals surface area contributed by atoms with Crippen LogP contribution in [0.15, 0.2) is 42.7 Å². The number of amides is 2. The Morgan fingerprint density at radius 2 is 1.88 bits per heavy atom. The van der Waals surface area contributed by atoms with E-state index >= 15 is 0 Å². The number of carbonyl (C=O) groups is 2. The van der Waals surface area contributed by atoms with E-state index in [9.17, 15) is 9.59 Å². The van der Waals surface area contributed by atoms with Gasteiger partial charge in [-0.3, -0.25) is 9.59 Å². The molecule has 5 nitrogen and oxygen atoms in total. The van der Waals surface area contributed by atoms with Crippen molar-refractivity contribution in [3.63, 3.8) is 0 Å². The zero-order valence-corrected chi connectivity index (χ0v) is 14.1. The van der Waals surface area contributed by atoms with Gasteiger partial charge in [0.15, 0.2) is 0 Å². The Morgan fingerprint density at radius 1 is 1.08 bits per heavy atom. The van der Waals surface area contributed by atoms with Crippen LogP contribution in [-0.2, 0) is 11.2 Å². The first-order valence-electron chi connectivity index (χ1n) is 8.08. The smallest absolute Gasteiger partial charge is 0.255 e. The molecule has 6 heteroatoms. The first kappa shape index (κ1) is 16.6. The second kappa shape index (κ2) is 7.53. The van der Waals surface area contributed by atoms with E-state index in [4.69, 9.17) is 11.6 Å². The predicted molar refractivity (Wildman–Crippen MR) is 93.0 cm³/mol. The fourth-order valence-electron chi connectivity index (χ4n) is 2.94. The van der Waals surface area contributed by atoms with Gasteiger partial charge in [-0.05, 0) is 30.2 Å². The number of aromatic amines is 1. The molecule has 3 rings (SSSR count). The van der Waals surface area contributed by atoms with E-state index in [1.165, 1.54) is 0 Å². The molecule has 0 bridgehead atoms. The van der Waals surface area contributed by atoms with Crippen molar-refractivity contribution in [2.24, 2.45) is 0 Å². The van der Waals surface area contributed by atoms with Crippen LogP contribution in [0.25, 0.3) is 0 Å². The molecule has 0 saturated carbocycles. The average Bonchev–Trinajstić information content (AvgIpc) is 2.98. The Balaban J connectivity index is 1.59. The van der Waals surface area contributed by atoms with Crippen molar-refractivity contribution in [2.75, 3.05) is 26.2 Å². The van der Waals surface area contributed by atoms with E-state index in [2.05, 4.69) is 4.98 Å². The first-order chi connectivity index (χ1) is 11.6. The highest BCUT2D eigenvalue weighted by atomic mass is 35.5. The molecule has 1 aliphatic heterocycles. The standard InChI is InChI=1S/C18H20ClN3O2/c19-16-4-1-3-14(11-16)12-17(23)21-7-2-8-22(10-9-21)18(24)15-5-6-20-13-15/h1,3-6,11,13,20H,2,7-10,12H2. The minimum Gasteiger partial charge on any atom is -0.367 e. The Labute approximate surface area is 146 Å². The fourth-order valence-corrected chi connectivity index (χ4v) is 3.16. The molecule has 0 spiro atoms. The molecule has 0 atom stereocenters. The van der Waals surface area contributed by atoms with Gasteiger partial charge in [0.1, 0.15) is 0 Å². The molecule has 1 N–H and O–H groups in total. The number of carbonyl (C=O) groups excluding carboxylic acids is 2. The number of nitrogens with one attached hydrogen (secondary N) is 1. The van der Waals surface area contributed by atoms with E-state index in [0.29, 0.717) is 43.2 Å². The highest BCUT2D eigenvalue weighted by molar-refractivity contribution is 6.30. The molecule has 126 valence electrons. The lowest BCUT2D eigenvalue weighted by Crippen LogP contribution is -2.37. The molecular weight excluding hydrogens is 326 g/mol. The van der Waals surface area contributed by atoms with Crippen LogP contribution < -0.4 is 0 Å². The summed E-state index contributed by atoms with van der Waals surface area (Å²) in [5, 5.41) is 0.638. The number of H-pyrrole nitrogens is 1. The van der Waals surface area contributed by atoms with Crippen LogP contribution in [0, 0.1) is 0 Å². The molecule has 2 heterocycles. The molecule has 1 aromatic carbocycles. The number of benzene rings is 1. The topological polar surface area (TPSA) is 56.4 Å². The highest BCUT2D eigenvalue weighted by Crippen LogP contribution is 2.14. The van der Waals surface area contributed by atoms with Gasteiger partial charge in [0.2, 0.25) is 5.91 Å². The quantitative estimate of drug-likeness (QED) is 0.929. The van der Waals surface area contributed by atoms with E-state index in [0.717, 1.165) is 12.0 Å². The van der Waals surface area contributed by atoms with Crippen LogP contribution in [0.3, 0.4) is 0 Å². The first-order valence-corrected chi connectivity index (χ1v) is 8.45. The summed E-state index contributed by atoms with van der Waals surface area (Å²) < 4.78 is 0. The summed E-state index contributed by atoms with van der Waals surface area (Å²) >= 11 is 5.97. The van der Waals surface area contributed by atoms with E-state index in [1.54, 1.807) is 24.5 Å². The maximum Gasteiger partial charge on any atom is 0.255 e. The molecule has 2 amide bonds. The van der Waals surface area contributed by atoms with Crippen LogP contribution in [-0.4, -0.2) is 52.8 Å². The maximum absolute atomic E-state index is 12.5. The normalized spacial score (nSPS) is 15.2. The molecule has 24 heavy (non-hydrogen) atoms. The second-order valence-corrected chi connectivity index (χ2v) is 6.37. The highest BCUT2D eigenvalue weighted by Gasteiger charge is 2.23. The summed E-state index contributed by atoms with van der Waals surface area (Å²) in [7, 11) is 0. The maximum atomic E-state index is 12.5. The Bertz CT molecular complexity index is 715.